The molecule has 1 amide bonds. The van der Waals surface area contributed by atoms with Crippen LogP contribution in [-0.4, -0.2) is 33.4 Å². The van der Waals surface area contributed by atoms with E-state index in [9.17, 15) is 4.79 Å². The second-order valence-electron chi connectivity index (χ2n) is 6.16. The van der Waals surface area contributed by atoms with Gasteiger partial charge in [0.15, 0.2) is 0 Å². The fourth-order valence-electron chi connectivity index (χ4n) is 2.44. The summed E-state index contributed by atoms with van der Waals surface area (Å²) in [5.74, 6) is 0.623. The van der Waals surface area contributed by atoms with E-state index in [1.165, 1.54) is 0 Å². The molecule has 1 heterocycles. The van der Waals surface area contributed by atoms with E-state index in [1.807, 2.05) is 29.2 Å². The molecule has 4 heteroatoms. The van der Waals surface area contributed by atoms with E-state index in [0.29, 0.717) is 17.7 Å². The van der Waals surface area contributed by atoms with Crippen molar-refractivity contribution in [2.75, 3.05) is 6.54 Å². The van der Waals surface area contributed by atoms with Gasteiger partial charge in [-0.1, -0.05) is 26.0 Å². The van der Waals surface area contributed by atoms with Gasteiger partial charge in [0.05, 0.1) is 17.2 Å². The number of amides is 1. The van der Waals surface area contributed by atoms with Crippen molar-refractivity contribution >= 4 is 16.9 Å². The third kappa shape index (κ3) is 3.20. The molecule has 0 saturated heterocycles. The normalized spacial score (nSPS) is 14.6. The van der Waals surface area contributed by atoms with Crippen molar-refractivity contribution in [2.45, 2.75) is 39.2 Å². The van der Waals surface area contributed by atoms with Crippen LogP contribution in [0.15, 0.2) is 30.5 Å². The van der Waals surface area contributed by atoms with E-state index in [4.69, 9.17) is 0 Å². The highest BCUT2D eigenvalue weighted by Crippen LogP contribution is 2.28. The zero-order chi connectivity index (χ0) is 14.8. The Bertz CT molecular complexity index is 649. The van der Waals surface area contributed by atoms with Crippen LogP contribution >= 0.6 is 0 Å². The van der Waals surface area contributed by atoms with Crippen LogP contribution in [0.3, 0.4) is 0 Å². The van der Waals surface area contributed by atoms with Gasteiger partial charge in [-0.15, -0.1) is 0 Å². The lowest BCUT2D eigenvalue weighted by Crippen LogP contribution is -2.35. The van der Waals surface area contributed by atoms with Gasteiger partial charge in [0.2, 0.25) is 0 Å². The van der Waals surface area contributed by atoms with E-state index < -0.39 is 0 Å². The smallest absolute Gasteiger partial charge is 0.274 e. The molecule has 21 heavy (non-hydrogen) atoms. The molecule has 2 aromatic rings. The molecule has 4 nitrogen and oxygen atoms in total. The van der Waals surface area contributed by atoms with Crippen molar-refractivity contribution in [2.24, 2.45) is 5.92 Å². The Hall–Kier alpha value is -1.97. The molecule has 1 saturated carbocycles. The monoisotopic (exact) mass is 283 g/mol. The minimum Gasteiger partial charge on any atom is -0.334 e. The SMILES string of the molecule is CC(C)CCN(C(=O)c1cnc2ccccc2n1)C1CC1. The first-order valence-corrected chi connectivity index (χ1v) is 7.68. The van der Waals surface area contributed by atoms with Gasteiger partial charge >= 0.3 is 0 Å². The molecule has 1 aromatic heterocycles. The molecule has 1 aliphatic rings. The van der Waals surface area contributed by atoms with E-state index >= 15 is 0 Å². The first-order chi connectivity index (χ1) is 10.1. The zero-order valence-corrected chi connectivity index (χ0v) is 12.6. The van der Waals surface area contributed by atoms with Gasteiger partial charge in [-0.2, -0.15) is 0 Å². The number of para-hydroxylation sites is 2. The molecule has 0 atom stereocenters. The van der Waals surface area contributed by atoms with E-state index in [-0.39, 0.29) is 5.91 Å². The van der Waals surface area contributed by atoms with Crippen LogP contribution in [0.4, 0.5) is 0 Å². The molecule has 0 unspecified atom stereocenters. The molecule has 1 aromatic carbocycles. The van der Waals surface area contributed by atoms with Crippen LogP contribution in [0.1, 0.15) is 43.6 Å². The van der Waals surface area contributed by atoms with Crippen molar-refractivity contribution in [1.29, 1.82) is 0 Å². The van der Waals surface area contributed by atoms with Crippen LogP contribution in [0.25, 0.3) is 11.0 Å². The summed E-state index contributed by atoms with van der Waals surface area (Å²) in [6, 6.07) is 8.06. The van der Waals surface area contributed by atoms with Crippen molar-refractivity contribution in [3.8, 4) is 0 Å². The lowest BCUT2D eigenvalue weighted by atomic mass is 10.1. The van der Waals surface area contributed by atoms with Crippen molar-refractivity contribution in [3.05, 3.63) is 36.2 Å². The number of aromatic nitrogens is 2. The van der Waals surface area contributed by atoms with Crippen LogP contribution in [0.5, 0.6) is 0 Å². The Labute approximate surface area is 125 Å². The Kier molecular flexibility index (Phi) is 3.86. The molecule has 0 bridgehead atoms. The van der Waals surface area contributed by atoms with Gasteiger partial charge in [0.1, 0.15) is 5.69 Å². The average molecular weight is 283 g/mol. The molecule has 0 aliphatic heterocycles. The third-order valence-electron chi connectivity index (χ3n) is 3.86. The maximum absolute atomic E-state index is 12.7. The van der Waals surface area contributed by atoms with E-state index in [1.54, 1.807) is 6.20 Å². The lowest BCUT2D eigenvalue weighted by Gasteiger charge is -2.23. The maximum Gasteiger partial charge on any atom is 0.274 e. The van der Waals surface area contributed by atoms with Crippen LogP contribution in [0.2, 0.25) is 0 Å². The highest BCUT2D eigenvalue weighted by Gasteiger charge is 2.33. The van der Waals surface area contributed by atoms with Crippen LogP contribution in [0, 0.1) is 5.92 Å². The maximum atomic E-state index is 12.7. The minimum absolute atomic E-state index is 0.0244. The summed E-state index contributed by atoms with van der Waals surface area (Å²) in [6.45, 7) is 5.19. The van der Waals surface area contributed by atoms with Gasteiger partial charge in [-0.25, -0.2) is 4.98 Å². The first kappa shape index (κ1) is 14.0. The van der Waals surface area contributed by atoms with Gasteiger partial charge in [0, 0.05) is 12.6 Å². The van der Waals surface area contributed by atoms with Crippen molar-refractivity contribution < 1.29 is 4.79 Å². The number of rotatable bonds is 5. The summed E-state index contributed by atoms with van der Waals surface area (Å²) in [5.41, 5.74) is 2.07. The highest BCUT2D eigenvalue weighted by molar-refractivity contribution is 5.94. The first-order valence-electron chi connectivity index (χ1n) is 7.68. The summed E-state index contributed by atoms with van der Waals surface area (Å²) >= 11 is 0. The zero-order valence-electron chi connectivity index (χ0n) is 12.6. The second-order valence-corrected chi connectivity index (χ2v) is 6.16. The highest BCUT2D eigenvalue weighted by atomic mass is 16.2. The predicted molar refractivity (Wildman–Crippen MR) is 83.1 cm³/mol. The molecule has 1 aliphatic carbocycles. The summed E-state index contributed by atoms with van der Waals surface area (Å²) < 4.78 is 0. The lowest BCUT2D eigenvalue weighted by molar-refractivity contribution is 0.0729. The number of nitrogens with zero attached hydrogens (tertiary/aromatic N) is 3. The molecule has 110 valence electrons. The van der Waals surface area contributed by atoms with Crippen LogP contribution < -0.4 is 0 Å². The molecule has 1 fully saturated rings. The summed E-state index contributed by atoms with van der Waals surface area (Å²) in [4.78, 5) is 23.5. The Morgan fingerprint density at radius 2 is 2.00 bits per heavy atom. The van der Waals surface area contributed by atoms with Gasteiger partial charge < -0.3 is 4.90 Å². The topological polar surface area (TPSA) is 46.1 Å². The summed E-state index contributed by atoms with van der Waals surface area (Å²) in [7, 11) is 0. The number of carbonyl (C=O) groups is 1. The predicted octanol–water partition coefficient (Wildman–Crippen LogP) is 3.28. The standard InChI is InChI=1S/C17H21N3O/c1-12(2)9-10-20(13-7-8-13)17(21)16-11-18-14-5-3-4-6-15(14)19-16/h3-6,11-13H,7-10H2,1-2H3. The van der Waals surface area contributed by atoms with Crippen LogP contribution in [-0.2, 0) is 0 Å². The van der Waals surface area contributed by atoms with Crippen molar-refractivity contribution in [1.82, 2.24) is 14.9 Å². The van der Waals surface area contributed by atoms with E-state index in [2.05, 4.69) is 23.8 Å². The Morgan fingerprint density at radius 1 is 1.29 bits per heavy atom. The van der Waals surface area contributed by atoms with E-state index in [0.717, 1.165) is 36.8 Å². The quantitative estimate of drug-likeness (QED) is 0.846. The van der Waals surface area contributed by atoms with Gasteiger partial charge in [-0.3, -0.25) is 9.78 Å². The molecular formula is C17H21N3O. The Balaban J connectivity index is 1.83. The molecule has 0 N–H and O–H groups in total. The number of benzene rings is 1. The van der Waals surface area contributed by atoms with Gasteiger partial charge in [0.25, 0.3) is 5.91 Å². The van der Waals surface area contributed by atoms with Gasteiger partial charge in [-0.05, 0) is 37.3 Å². The minimum atomic E-state index is 0.0244. The fourth-order valence-corrected chi connectivity index (χ4v) is 2.44. The number of carbonyl (C=O) groups excluding carboxylic acids is 1. The second kappa shape index (κ2) is 5.80. The van der Waals surface area contributed by atoms with Crippen molar-refractivity contribution in [3.63, 3.8) is 0 Å². The summed E-state index contributed by atoms with van der Waals surface area (Å²) in [5, 5.41) is 0. The number of hydrogen-bond donors (Lipinski definition) is 0. The Morgan fingerprint density at radius 3 is 2.67 bits per heavy atom. The molecule has 3 rings (SSSR count). The largest absolute Gasteiger partial charge is 0.334 e. The number of hydrogen-bond acceptors (Lipinski definition) is 3. The molecule has 0 radical (unpaired) electrons. The average Bonchev–Trinajstić information content (AvgIpc) is 3.31. The fraction of sp³-hybridized carbons (Fsp3) is 0.471. The molecule has 0 spiro atoms. The summed E-state index contributed by atoms with van der Waals surface area (Å²) in [6.07, 6.45) is 4.87. The number of fused-ring (bicyclic) bond motifs is 1. The molecular weight excluding hydrogens is 262 g/mol. The third-order valence-corrected chi connectivity index (χ3v) is 3.86.